The van der Waals surface area contributed by atoms with Crippen LogP contribution in [0.3, 0.4) is 0 Å². The van der Waals surface area contributed by atoms with Crippen molar-refractivity contribution in [3.63, 3.8) is 0 Å². The zero-order valence-corrected chi connectivity index (χ0v) is 15.8. The number of ether oxygens (including phenoxy) is 1. The third-order valence-corrected chi connectivity index (χ3v) is 5.77. The topological polar surface area (TPSA) is 86.1 Å². The van der Waals surface area contributed by atoms with Gasteiger partial charge in [0.1, 0.15) is 5.56 Å². The number of aryl methyl sites for hydroxylation is 1. The summed E-state index contributed by atoms with van der Waals surface area (Å²) < 4.78 is 7.93. The molecular weight excluding hydrogens is 360 g/mol. The van der Waals surface area contributed by atoms with E-state index in [2.05, 4.69) is 15.5 Å². The predicted octanol–water partition coefficient (Wildman–Crippen LogP) is 2.55. The number of nitrogens with zero attached hydrogens (tertiary/aromatic N) is 3. The van der Waals surface area contributed by atoms with Gasteiger partial charge in [0.15, 0.2) is 4.34 Å². The molecule has 1 unspecified atom stereocenters. The number of aromatic nitrogens is 3. The molecule has 3 rings (SSSR count). The monoisotopic (exact) mass is 380 g/mol. The third kappa shape index (κ3) is 4.28. The molecule has 0 aromatic carbocycles. The fraction of sp³-hybridized carbons (Fsp3) is 0.500. The molecule has 134 valence electrons. The van der Waals surface area contributed by atoms with Crippen LogP contribution < -0.4 is 10.9 Å². The fourth-order valence-corrected chi connectivity index (χ4v) is 4.34. The van der Waals surface area contributed by atoms with Crippen molar-refractivity contribution in [2.75, 3.05) is 17.7 Å². The molecule has 0 bridgehead atoms. The minimum absolute atomic E-state index is 0.0353. The molecule has 1 aliphatic rings. The Morgan fingerprint density at radius 1 is 1.52 bits per heavy atom. The van der Waals surface area contributed by atoms with Crippen LogP contribution >= 0.6 is 23.1 Å². The molecule has 0 spiro atoms. The largest absolute Gasteiger partial charge is 0.376 e. The van der Waals surface area contributed by atoms with Gasteiger partial charge in [-0.1, -0.05) is 30.0 Å². The first-order valence-electron chi connectivity index (χ1n) is 8.17. The molecule has 1 saturated heterocycles. The lowest BCUT2D eigenvalue weighted by Gasteiger charge is -2.14. The maximum absolute atomic E-state index is 12.7. The van der Waals surface area contributed by atoms with Crippen molar-refractivity contribution in [2.24, 2.45) is 0 Å². The van der Waals surface area contributed by atoms with E-state index >= 15 is 0 Å². The Morgan fingerprint density at radius 2 is 2.36 bits per heavy atom. The van der Waals surface area contributed by atoms with Crippen LogP contribution in [0.15, 0.2) is 21.4 Å². The van der Waals surface area contributed by atoms with E-state index in [0.717, 1.165) is 29.5 Å². The number of nitrogens with one attached hydrogen (secondary N) is 1. The van der Waals surface area contributed by atoms with Crippen molar-refractivity contribution in [3.05, 3.63) is 33.7 Å². The molecule has 2 aromatic heterocycles. The number of amides is 1. The molecule has 1 fully saturated rings. The number of thioether (sulfide) groups is 1. The molecule has 7 nitrogen and oxygen atoms in total. The molecule has 1 N–H and O–H groups in total. The average Bonchev–Trinajstić information content (AvgIpc) is 3.23. The van der Waals surface area contributed by atoms with Gasteiger partial charge in [-0.25, -0.2) is 0 Å². The first kappa shape index (κ1) is 18.1. The molecule has 2 aromatic rings. The molecule has 3 heterocycles. The van der Waals surface area contributed by atoms with E-state index in [9.17, 15) is 9.59 Å². The molecule has 1 atom stereocenters. The van der Waals surface area contributed by atoms with Crippen LogP contribution in [0.4, 0.5) is 5.13 Å². The van der Waals surface area contributed by atoms with Gasteiger partial charge in [0.05, 0.1) is 12.6 Å². The highest BCUT2D eigenvalue weighted by molar-refractivity contribution is 8.01. The van der Waals surface area contributed by atoms with Crippen LogP contribution in [-0.2, 0) is 11.3 Å². The van der Waals surface area contributed by atoms with Gasteiger partial charge in [0.25, 0.3) is 11.5 Å². The zero-order valence-electron chi connectivity index (χ0n) is 14.2. The summed E-state index contributed by atoms with van der Waals surface area (Å²) in [6, 6.07) is 1.78. The van der Waals surface area contributed by atoms with Crippen molar-refractivity contribution in [1.82, 2.24) is 14.8 Å². The lowest BCUT2D eigenvalue weighted by molar-refractivity contribution is 0.0952. The first-order valence-corrected chi connectivity index (χ1v) is 9.98. The second-order valence-electron chi connectivity index (χ2n) is 5.73. The first-order chi connectivity index (χ1) is 12.1. The Labute approximate surface area is 153 Å². The molecule has 1 aliphatic heterocycles. The predicted molar refractivity (Wildman–Crippen MR) is 98.7 cm³/mol. The van der Waals surface area contributed by atoms with Crippen LogP contribution in [0.1, 0.15) is 35.7 Å². The van der Waals surface area contributed by atoms with Crippen LogP contribution in [-0.4, -0.2) is 39.1 Å². The summed E-state index contributed by atoms with van der Waals surface area (Å²) in [6.07, 6.45) is 3.70. The van der Waals surface area contributed by atoms with Crippen LogP contribution in [0.25, 0.3) is 0 Å². The lowest BCUT2D eigenvalue weighted by Crippen LogP contribution is -2.32. The number of hydrogen-bond acceptors (Lipinski definition) is 7. The highest BCUT2D eigenvalue weighted by atomic mass is 32.2. The van der Waals surface area contributed by atoms with E-state index in [0.29, 0.717) is 17.2 Å². The van der Waals surface area contributed by atoms with E-state index in [1.54, 1.807) is 35.5 Å². The summed E-state index contributed by atoms with van der Waals surface area (Å²) >= 11 is 2.86. The van der Waals surface area contributed by atoms with E-state index in [1.807, 2.05) is 6.92 Å². The molecular formula is C16H20N4O3S2. The Kier molecular flexibility index (Phi) is 5.87. The van der Waals surface area contributed by atoms with Crippen LogP contribution in [0.2, 0.25) is 0 Å². The zero-order chi connectivity index (χ0) is 17.8. The van der Waals surface area contributed by atoms with Crippen molar-refractivity contribution in [3.8, 4) is 0 Å². The van der Waals surface area contributed by atoms with E-state index in [-0.39, 0.29) is 17.2 Å². The highest BCUT2D eigenvalue weighted by Gasteiger charge is 2.21. The van der Waals surface area contributed by atoms with Crippen LogP contribution in [0, 0.1) is 6.92 Å². The van der Waals surface area contributed by atoms with Crippen molar-refractivity contribution >= 4 is 34.1 Å². The Morgan fingerprint density at radius 3 is 3.08 bits per heavy atom. The summed E-state index contributed by atoms with van der Waals surface area (Å²) in [5.41, 5.74) is 0.472. The molecule has 0 radical (unpaired) electrons. The maximum atomic E-state index is 12.7. The summed E-state index contributed by atoms with van der Waals surface area (Å²) in [4.78, 5) is 25.3. The van der Waals surface area contributed by atoms with Gasteiger partial charge >= 0.3 is 0 Å². The quantitative estimate of drug-likeness (QED) is 0.612. The van der Waals surface area contributed by atoms with Gasteiger partial charge in [-0.15, -0.1) is 10.2 Å². The number of carbonyl (C=O) groups is 1. The van der Waals surface area contributed by atoms with E-state index in [4.69, 9.17) is 4.74 Å². The maximum Gasteiger partial charge on any atom is 0.263 e. The van der Waals surface area contributed by atoms with Gasteiger partial charge in [0, 0.05) is 12.8 Å². The normalized spacial score (nSPS) is 17.0. The lowest BCUT2D eigenvalue weighted by atomic mass is 10.1. The van der Waals surface area contributed by atoms with Gasteiger partial charge in [-0.05, 0) is 37.1 Å². The Hall–Kier alpha value is -1.71. The number of carbonyl (C=O) groups excluding carboxylic acids is 1. The van der Waals surface area contributed by atoms with E-state index < -0.39 is 5.91 Å². The van der Waals surface area contributed by atoms with Crippen molar-refractivity contribution in [2.45, 2.75) is 43.7 Å². The second kappa shape index (κ2) is 8.11. The summed E-state index contributed by atoms with van der Waals surface area (Å²) in [5.74, 6) is 0.433. The average molecular weight is 380 g/mol. The smallest absolute Gasteiger partial charge is 0.263 e. The molecule has 9 heteroatoms. The van der Waals surface area contributed by atoms with Gasteiger partial charge < -0.3 is 9.30 Å². The minimum atomic E-state index is -0.451. The fourth-order valence-electron chi connectivity index (χ4n) is 2.69. The van der Waals surface area contributed by atoms with Gasteiger partial charge in [0.2, 0.25) is 5.13 Å². The summed E-state index contributed by atoms with van der Waals surface area (Å²) in [5, 5.41) is 11.0. The van der Waals surface area contributed by atoms with E-state index in [1.165, 1.54) is 11.3 Å². The number of rotatable bonds is 6. The standard InChI is InChI=1S/C16H20N4O3S2/c1-3-24-16-19-18-15(25-16)17-13(21)12-10(2)6-7-20(14(12)22)9-11-5-4-8-23-11/h6-7,11H,3-5,8-9H2,1-2H3,(H,17,18,21). The molecule has 1 amide bonds. The minimum Gasteiger partial charge on any atom is -0.376 e. The van der Waals surface area contributed by atoms with Crippen molar-refractivity contribution < 1.29 is 9.53 Å². The second-order valence-corrected chi connectivity index (χ2v) is 8.22. The number of hydrogen-bond donors (Lipinski definition) is 1. The molecule has 0 saturated carbocycles. The summed E-state index contributed by atoms with van der Waals surface area (Å²) in [7, 11) is 0. The van der Waals surface area contributed by atoms with Gasteiger partial charge in [-0.2, -0.15) is 0 Å². The number of pyridine rings is 1. The number of anilines is 1. The molecule has 25 heavy (non-hydrogen) atoms. The SMILES string of the molecule is CCSc1nnc(NC(=O)c2c(C)ccn(CC3CCCO3)c2=O)s1. The summed E-state index contributed by atoms with van der Waals surface area (Å²) in [6.45, 7) is 4.97. The van der Waals surface area contributed by atoms with Crippen molar-refractivity contribution in [1.29, 1.82) is 0 Å². The Bertz CT molecular complexity index is 812. The molecule has 0 aliphatic carbocycles. The highest BCUT2D eigenvalue weighted by Crippen LogP contribution is 2.25. The van der Waals surface area contributed by atoms with Crippen LogP contribution in [0.5, 0.6) is 0 Å². The van der Waals surface area contributed by atoms with Gasteiger partial charge in [-0.3, -0.25) is 14.9 Å². The Balaban J connectivity index is 1.79. The third-order valence-electron chi connectivity index (χ3n) is 3.92.